The zero-order valence-electron chi connectivity index (χ0n) is 7.98. The lowest BCUT2D eigenvalue weighted by molar-refractivity contribution is -0.137. The van der Waals surface area contributed by atoms with E-state index in [0.29, 0.717) is 4.88 Å². The normalized spacial score (nSPS) is 10.5. The number of ketones is 1. The third-order valence-corrected chi connectivity index (χ3v) is 3.92. The van der Waals surface area contributed by atoms with E-state index in [1.165, 1.54) is 11.3 Å². The fourth-order valence-electron chi connectivity index (χ4n) is 1.17. The molecule has 3 nitrogen and oxygen atoms in total. The molecule has 0 atom stereocenters. The van der Waals surface area contributed by atoms with Crippen LogP contribution >= 0.6 is 22.7 Å². The van der Waals surface area contributed by atoms with Gasteiger partial charge in [0.2, 0.25) is 0 Å². The highest BCUT2D eigenvalue weighted by Gasteiger charge is 2.20. The standard InChI is InChI=1S/C10H8O3S2/c1-2-13-10(12)9(11)8-5-7-6(15-8)3-4-14-7/h3-5H,2H2,1H3. The minimum atomic E-state index is -0.772. The van der Waals surface area contributed by atoms with Crippen LogP contribution in [0.2, 0.25) is 0 Å². The van der Waals surface area contributed by atoms with E-state index in [4.69, 9.17) is 0 Å². The molecule has 0 aliphatic heterocycles. The molecule has 0 saturated carbocycles. The van der Waals surface area contributed by atoms with E-state index in [9.17, 15) is 9.59 Å². The summed E-state index contributed by atoms with van der Waals surface area (Å²) < 4.78 is 6.72. The summed E-state index contributed by atoms with van der Waals surface area (Å²) in [5, 5.41) is 1.96. The molecule has 78 valence electrons. The van der Waals surface area contributed by atoms with Crippen LogP contribution in [0.25, 0.3) is 9.40 Å². The first-order valence-corrected chi connectivity index (χ1v) is 6.10. The van der Waals surface area contributed by atoms with Gasteiger partial charge in [-0.05, 0) is 24.4 Å². The summed E-state index contributed by atoms with van der Waals surface area (Å²) in [6.07, 6.45) is 0. The summed E-state index contributed by atoms with van der Waals surface area (Å²) in [5.74, 6) is -1.32. The van der Waals surface area contributed by atoms with Gasteiger partial charge in [0.25, 0.3) is 5.78 Å². The van der Waals surface area contributed by atoms with E-state index in [-0.39, 0.29) is 6.61 Å². The summed E-state index contributed by atoms with van der Waals surface area (Å²) in [4.78, 5) is 23.2. The van der Waals surface area contributed by atoms with E-state index >= 15 is 0 Å². The Labute approximate surface area is 94.3 Å². The SMILES string of the molecule is CCOC(=O)C(=O)c1cc2sccc2s1. The van der Waals surface area contributed by atoms with Gasteiger partial charge in [-0.1, -0.05) is 0 Å². The van der Waals surface area contributed by atoms with E-state index in [0.717, 1.165) is 9.40 Å². The minimum Gasteiger partial charge on any atom is -0.460 e. The molecule has 0 spiro atoms. The second kappa shape index (κ2) is 4.12. The Hall–Kier alpha value is -1.20. The molecule has 2 heterocycles. The van der Waals surface area contributed by atoms with Gasteiger partial charge in [-0.2, -0.15) is 0 Å². The molecule has 5 heteroatoms. The van der Waals surface area contributed by atoms with E-state index < -0.39 is 11.8 Å². The van der Waals surface area contributed by atoms with Crippen molar-refractivity contribution in [3.63, 3.8) is 0 Å². The second-order valence-electron chi connectivity index (χ2n) is 2.81. The van der Waals surface area contributed by atoms with Gasteiger partial charge in [0.1, 0.15) is 0 Å². The average molecular weight is 240 g/mol. The van der Waals surface area contributed by atoms with Crippen molar-refractivity contribution in [2.24, 2.45) is 0 Å². The molecule has 0 bridgehead atoms. The van der Waals surface area contributed by atoms with Crippen LogP contribution in [-0.4, -0.2) is 18.4 Å². The first-order chi connectivity index (χ1) is 7.22. The van der Waals surface area contributed by atoms with Gasteiger partial charge in [-0.25, -0.2) is 4.79 Å². The molecule has 0 fully saturated rings. The lowest BCUT2D eigenvalue weighted by atomic mass is 10.3. The number of carbonyl (C=O) groups is 2. The molecule has 2 aromatic rings. The van der Waals surface area contributed by atoms with Gasteiger partial charge in [0.15, 0.2) is 0 Å². The molecule has 0 aliphatic carbocycles. The first kappa shape index (κ1) is 10.3. The number of esters is 1. The number of hydrogen-bond acceptors (Lipinski definition) is 5. The van der Waals surface area contributed by atoms with Crippen molar-refractivity contribution in [1.82, 2.24) is 0 Å². The predicted octanol–water partition coefficient (Wildman–Crippen LogP) is 2.71. The van der Waals surface area contributed by atoms with Crippen molar-refractivity contribution in [2.75, 3.05) is 6.61 Å². The van der Waals surface area contributed by atoms with Gasteiger partial charge in [0.05, 0.1) is 11.5 Å². The quantitative estimate of drug-likeness (QED) is 0.470. The third-order valence-electron chi connectivity index (χ3n) is 1.82. The molecular formula is C10H8O3S2. The van der Waals surface area contributed by atoms with Crippen LogP contribution in [0.5, 0.6) is 0 Å². The molecule has 0 aromatic carbocycles. The Morgan fingerprint density at radius 3 is 2.87 bits per heavy atom. The molecular weight excluding hydrogens is 232 g/mol. The van der Waals surface area contributed by atoms with Gasteiger partial charge in [-0.3, -0.25) is 4.79 Å². The Balaban J connectivity index is 2.27. The maximum Gasteiger partial charge on any atom is 0.380 e. The summed E-state index contributed by atoms with van der Waals surface area (Å²) in [5.41, 5.74) is 0. The monoisotopic (exact) mass is 240 g/mol. The maximum atomic E-state index is 11.5. The van der Waals surface area contributed by atoms with Crippen molar-refractivity contribution in [3.05, 3.63) is 22.4 Å². The highest BCUT2D eigenvalue weighted by atomic mass is 32.1. The van der Waals surface area contributed by atoms with Crippen LogP contribution in [0.4, 0.5) is 0 Å². The van der Waals surface area contributed by atoms with Gasteiger partial charge in [0, 0.05) is 9.40 Å². The summed E-state index contributed by atoms with van der Waals surface area (Å²) in [6.45, 7) is 1.91. The summed E-state index contributed by atoms with van der Waals surface area (Å²) >= 11 is 2.88. The fourth-order valence-corrected chi connectivity index (χ4v) is 3.21. The Morgan fingerprint density at radius 2 is 2.20 bits per heavy atom. The van der Waals surface area contributed by atoms with Crippen LogP contribution in [-0.2, 0) is 9.53 Å². The fraction of sp³-hybridized carbons (Fsp3) is 0.200. The van der Waals surface area contributed by atoms with Gasteiger partial charge < -0.3 is 4.74 Å². The number of Topliss-reactive ketones (excluding diaryl/α,β-unsaturated/α-hetero) is 1. The van der Waals surface area contributed by atoms with Gasteiger partial charge in [-0.15, -0.1) is 22.7 Å². The van der Waals surface area contributed by atoms with Crippen molar-refractivity contribution in [1.29, 1.82) is 0 Å². The second-order valence-corrected chi connectivity index (χ2v) is 4.84. The van der Waals surface area contributed by atoms with E-state index in [1.54, 1.807) is 24.3 Å². The summed E-state index contributed by atoms with van der Waals surface area (Å²) in [6, 6.07) is 3.68. The van der Waals surface area contributed by atoms with Crippen LogP contribution < -0.4 is 0 Å². The minimum absolute atomic E-state index is 0.227. The molecule has 0 amide bonds. The number of carbonyl (C=O) groups excluding carboxylic acids is 2. The van der Waals surface area contributed by atoms with Crippen LogP contribution in [0.15, 0.2) is 17.5 Å². The average Bonchev–Trinajstić information content (AvgIpc) is 2.75. The predicted molar refractivity (Wildman–Crippen MR) is 60.7 cm³/mol. The first-order valence-electron chi connectivity index (χ1n) is 4.41. The number of hydrogen-bond donors (Lipinski definition) is 0. The summed E-state index contributed by atoms with van der Waals surface area (Å²) in [7, 11) is 0. The van der Waals surface area contributed by atoms with E-state index in [1.807, 2.05) is 11.4 Å². The molecule has 0 radical (unpaired) electrons. The van der Waals surface area contributed by atoms with Crippen LogP contribution in [0.3, 0.4) is 0 Å². The Bertz CT molecular complexity index is 481. The number of thiophene rings is 2. The topological polar surface area (TPSA) is 43.4 Å². The lowest BCUT2D eigenvalue weighted by Gasteiger charge is -1.97. The lowest BCUT2D eigenvalue weighted by Crippen LogP contribution is -2.16. The van der Waals surface area contributed by atoms with Crippen molar-refractivity contribution in [3.8, 4) is 0 Å². The van der Waals surface area contributed by atoms with Crippen LogP contribution in [0.1, 0.15) is 16.6 Å². The van der Waals surface area contributed by atoms with Crippen molar-refractivity contribution in [2.45, 2.75) is 6.92 Å². The number of ether oxygens (including phenoxy) is 1. The van der Waals surface area contributed by atoms with Crippen molar-refractivity contribution < 1.29 is 14.3 Å². The highest BCUT2D eigenvalue weighted by molar-refractivity contribution is 7.28. The Kier molecular flexibility index (Phi) is 2.83. The van der Waals surface area contributed by atoms with E-state index in [2.05, 4.69) is 4.74 Å². The molecule has 15 heavy (non-hydrogen) atoms. The number of rotatable bonds is 3. The molecule has 2 aromatic heterocycles. The third kappa shape index (κ3) is 1.93. The maximum absolute atomic E-state index is 11.5. The highest BCUT2D eigenvalue weighted by Crippen LogP contribution is 2.30. The molecule has 0 aliphatic rings. The largest absolute Gasteiger partial charge is 0.460 e. The smallest absolute Gasteiger partial charge is 0.380 e. The zero-order chi connectivity index (χ0) is 10.8. The van der Waals surface area contributed by atoms with Crippen molar-refractivity contribution >= 4 is 43.8 Å². The van der Waals surface area contributed by atoms with Crippen LogP contribution in [0, 0.1) is 0 Å². The molecule has 0 N–H and O–H groups in total. The number of fused-ring (bicyclic) bond motifs is 1. The molecule has 0 unspecified atom stereocenters. The molecule has 2 rings (SSSR count). The zero-order valence-corrected chi connectivity index (χ0v) is 9.61. The Morgan fingerprint density at radius 1 is 1.40 bits per heavy atom. The molecule has 0 saturated heterocycles. The van der Waals surface area contributed by atoms with Gasteiger partial charge >= 0.3 is 5.97 Å².